The van der Waals surface area contributed by atoms with Gasteiger partial charge in [-0.3, -0.25) is 9.78 Å². The molecule has 0 amide bonds. The van der Waals surface area contributed by atoms with Crippen LogP contribution in [0.1, 0.15) is 39.6 Å². The number of carbonyl (C=O) groups excluding carboxylic acids is 1. The van der Waals surface area contributed by atoms with Crippen molar-refractivity contribution in [1.29, 1.82) is 0 Å². The molecule has 1 aliphatic rings. The number of halogens is 1. The summed E-state index contributed by atoms with van der Waals surface area (Å²) in [5.74, 6) is -0.141. The number of aliphatic hydroxyl groups is 1. The van der Waals surface area contributed by atoms with Crippen molar-refractivity contribution in [2.24, 2.45) is 0 Å². The number of aromatic nitrogens is 4. The topological polar surface area (TPSA) is 127 Å². The molecule has 9 heteroatoms. The molecule has 1 aromatic carbocycles. The molecule has 2 aromatic heterocycles. The van der Waals surface area contributed by atoms with Gasteiger partial charge in [-0.1, -0.05) is 6.07 Å². The molecule has 1 aliphatic carbocycles. The first-order valence-electron chi connectivity index (χ1n) is 9.59. The second-order valence-corrected chi connectivity index (χ2v) is 7.15. The third kappa shape index (κ3) is 3.71. The van der Waals surface area contributed by atoms with E-state index in [0.717, 1.165) is 5.56 Å². The van der Waals surface area contributed by atoms with E-state index in [1.54, 1.807) is 13.0 Å². The zero-order valence-electron chi connectivity index (χ0n) is 16.4. The Morgan fingerprint density at radius 1 is 1.23 bits per heavy atom. The first kappa shape index (κ1) is 19.8. The number of Topliss-reactive ketones (excluding diaryl/α,β-unsaturated/α-hetero) is 1. The molecule has 0 saturated carbocycles. The van der Waals surface area contributed by atoms with Crippen LogP contribution in [0, 0.1) is 12.7 Å². The highest BCUT2D eigenvalue weighted by Gasteiger charge is 2.31. The molecular weight excluding hydrogens is 387 g/mol. The number of hydrogen-bond acceptors (Lipinski definition) is 8. The Kier molecular flexibility index (Phi) is 5.37. The van der Waals surface area contributed by atoms with Crippen LogP contribution in [0.15, 0.2) is 30.6 Å². The van der Waals surface area contributed by atoms with E-state index in [2.05, 4.69) is 25.3 Å². The van der Waals surface area contributed by atoms with E-state index in [1.165, 1.54) is 24.5 Å². The summed E-state index contributed by atoms with van der Waals surface area (Å²) in [7, 11) is 0. The second-order valence-electron chi connectivity index (χ2n) is 7.15. The van der Waals surface area contributed by atoms with Crippen molar-refractivity contribution < 1.29 is 14.3 Å². The Labute approximate surface area is 172 Å². The van der Waals surface area contributed by atoms with E-state index in [4.69, 9.17) is 10.8 Å². The summed E-state index contributed by atoms with van der Waals surface area (Å²) in [5, 5.41) is 12.1. The van der Waals surface area contributed by atoms with Crippen LogP contribution in [0.25, 0.3) is 11.3 Å². The first-order chi connectivity index (χ1) is 14.5. The number of carbonyl (C=O) groups is 1. The van der Waals surface area contributed by atoms with Crippen molar-refractivity contribution >= 4 is 17.5 Å². The van der Waals surface area contributed by atoms with Gasteiger partial charge in [0.25, 0.3) is 0 Å². The van der Waals surface area contributed by atoms with Crippen LogP contribution in [-0.4, -0.2) is 44.0 Å². The molecule has 0 saturated heterocycles. The number of aliphatic hydroxyl groups excluding tert-OH is 1. The smallest absolute Gasteiger partial charge is 0.220 e. The Balaban J connectivity index is 1.80. The molecule has 0 radical (unpaired) electrons. The molecule has 1 atom stereocenters. The molecule has 0 spiro atoms. The minimum Gasteiger partial charge on any atom is -0.395 e. The number of nitrogen functional groups attached to an aromatic ring is 1. The lowest BCUT2D eigenvalue weighted by molar-refractivity contribution is 0.0962. The van der Waals surface area contributed by atoms with Crippen LogP contribution < -0.4 is 11.1 Å². The van der Waals surface area contributed by atoms with Crippen LogP contribution >= 0.6 is 0 Å². The van der Waals surface area contributed by atoms with Gasteiger partial charge in [0.05, 0.1) is 23.6 Å². The van der Waals surface area contributed by atoms with Crippen molar-refractivity contribution in [1.82, 2.24) is 19.9 Å². The monoisotopic (exact) mass is 408 g/mol. The summed E-state index contributed by atoms with van der Waals surface area (Å²) >= 11 is 0. The zero-order valence-corrected chi connectivity index (χ0v) is 16.4. The zero-order chi connectivity index (χ0) is 21.3. The number of rotatable bonds is 5. The second kappa shape index (κ2) is 8.11. The Bertz CT molecular complexity index is 1120. The first-order valence-corrected chi connectivity index (χ1v) is 9.59. The van der Waals surface area contributed by atoms with Crippen molar-refractivity contribution in [2.75, 3.05) is 24.2 Å². The SMILES string of the molecule is Cc1nc(N)nc2c1C(=O)CC(c1ccc(F)cc1-c1nccnc1NCCO)C2. The molecule has 4 rings (SSSR count). The number of nitrogens with one attached hydrogen (secondary N) is 1. The molecule has 0 aliphatic heterocycles. The van der Waals surface area contributed by atoms with Gasteiger partial charge >= 0.3 is 0 Å². The number of ketones is 1. The lowest BCUT2D eigenvalue weighted by Gasteiger charge is -2.26. The van der Waals surface area contributed by atoms with Gasteiger partial charge in [-0.05, 0) is 37.0 Å². The van der Waals surface area contributed by atoms with E-state index in [0.29, 0.717) is 40.4 Å². The van der Waals surface area contributed by atoms with E-state index in [1.807, 2.05) is 0 Å². The van der Waals surface area contributed by atoms with Crippen molar-refractivity contribution in [3.63, 3.8) is 0 Å². The Morgan fingerprint density at radius 3 is 2.83 bits per heavy atom. The largest absolute Gasteiger partial charge is 0.395 e. The highest BCUT2D eigenvalue weighted by molar-refractivity contribution is 6.00. The summed E-state index contributed by atoms with van der Waals surface area (Å²) in [6.07, 6.45) is 3.77. The van der Waals surface area contributed by atoms with Gasteiger partial charge in [0.1, 0.15) is 11.5 Å². The maximum absolute atomic E-state index is 14.2. The number of nitrogens with two attached hydrogens (primary N) is 1. The van der Waals surface area contributed by atoms with Crippen LogP contribution in [0.5, 0.6) is 0 Å². The Morgan fingerprint density at radius 2 is 2.03 bits per heavy atom. The van der Waals surface area contributed by atoms with E-state index >= 15 is 0 Å². The van der Waals surface area contributed by atoms with E-state index in [-0.39, 0.29) is 37.2 Å². The maximum atomic E-state index is 14.2. The van der Waals surface area contributed by atoms with Crippen molar-refractivity contribution in [3.05, 3.63) is 58.9 Å². The number of aryl methyl sites for hydroxylation is 1. The minimum absolute atomic E-state index is 0.0631. The molecule has 4 N–H and O–H groups in total. The fourth-order valence-electron chi connectivity index (χ4n) is 3.95. The van der Waals surface area contributed by atoms with Gasteiger partial charge in [0, 0.05) is 30.9 Å². The van der Waals surface area contributed by atoms with Crippen LogP contribution in [0.3, 0.4) is 0 Å². The molecule has 1 unspecified atom stereocenters. The number of anilines is 2. The standard InChI is InChI=1S/C21H21FN6O2/c1-11-18-16(28-21(23)27-11)8-12(9-17(18)30)14-3-2-13(22)10-15(14)19-20(26-6-7-29)25-5-4-24-19/h2-5,10,12,29H,6-9H2,1H3,(H,25,26)(H2,23,27,28). The molecule has 0 fully saturated rings. The quantitative estimate of drug-likeness (QED) is 0.587. The van der Waals surface area contributed by atoms with Gasteiger partial charge in [-0.2, -0.15) is 0 Å². The lowest BCUT2D eigenvalue weighted by Crippen LogP contribution is -2.23. The van der Waals surface area contributed by atoms with Gasteiger partial charge < -0.3 is 16.2 Å². The summed E-state index contributed by atoms with van der Waals surface area (Å²) in [6.45, 7) is 1.94. The summed E-state index contributed by atoms with van der Waals surface area (Å²) in [5.41, 5.74) is 9.27. The number of benzene rings is 1. The average molecular weight is 408 g/mol. The van der Waals surface area contributed by atoms with Gasteiger partial charge in [-0.15, -0.1) is 0 Å². The lowest BCUT2D eigenvalue weighted by atomic mass is 9.79. The predicted octanol–water partition coefficient (Wildman–Crippen LogP) is 2.28. The molecule has 154 valence electrons. The van der Waals surface area contributed by atoms with Gasteiger partial charge in [0.15, 0.2) is 11.6 Å². The van der Waals surface area contributed by atoms with E-state index in [9.17, 15) is 9.18 Å². The Hall–Kier alpha value is -3.46. The summed E-state index contributed by atoms with van der Waals surface area (Å²) in [6, 6.07) is 4.44. The fraction of sp³-hybridized carbons (Fsp3) is 0.286. The average Bonchev–Trinajstić information content (AvgIpc) is 2.71. The highest BCUT2D eigenvalue weighted by Crippen LogP contribution is 2.39. The normalized spacial score (nSPS) is 15.7. The molecule has 8 nitrogen and oxygen atoms in total. The number of hydrogen-bond donors (Lipinski definition) is 3. The van der Waals surface area contributed by atoms with Crippen LogP contribution in [0.4, 0.5) is 16.2 Å². The third-order valence-electron chi connectivity index (χ3n) is 5.15. The fourth-order valence-corrected chi connectivity index (χ4v) is 3.95. The van der Waals surface area contributed by atoms with Crippen LogP contribution in [-0.2, 0) is 6.42 Å². The third-order valence-corrected chi connectivity index (χ3v) is 5.15. The minimum atomic E-state index is -0.419. The van der Waals surface area contributed by atoms with Gasteiger partial charge in [-0.25, -0.2) is 19.3 Å². The molecule has 0 bridgehead atoms. The highest BCUT2D eigenvalue weighted by atomic mass is 19.1. The van der Waals surface area contributed by atoms with Crippen molar-refractivity contribution in [3.8, 4) is 11.3 Å². The maximum Gasteiger partial charge on any atom is 0.220 e. The predicted molar refractivity (Wildman–Crippen MR) is 110 cm³/mol. The number of nitrogens with zero attached hydrogens (tertiary/aromatic N) is 4. The molecule has 3 aromatic rings. The molecule has 30 heavy (non-hydrogen) atoms. The molecule has 2 heterocycles. The summed E-state index contributed by atoms with van der Waals surface area (Å²) < 4.78 is 14.2. The van der Waals surface area contributed by atoms with E-state index < -0.39 is 5.82 Å². The summed E-state index contributed by atoms with van der Waals surface area (Å²) in [4.78, 5) is 29.9. The molecular formula is C21H21FN6O2. The van der Waals surface area contributed by atoms with Crippen molar-refractivity contribution in [2.45, 2.75) is 25.7 Å². The van der Waals surface area contributed by atoms with Gasteiger partial charge in [0.2, 0.25) is 5.95 Å². The number of fused-ring (bicyclic) bond motifs is 1. The van der Waals surface area contributed by atoms with Crippen LogP contribution in [0.2, 0.25) is 0 Å².